The number of hydrogen-bond acceptors (Lipinski definition) is 5. The number of para-hydroxylation sites is 2. The van der Waals surface area contributed by atoms with E-state index in [1.807, 2.05) is 6.07 Å². The molecule has 1 aliphatic heterocycles. The van der Waals surface area contributed by atoms with Crippen LogP contribution in [-0.2, 0) is 4.79 Å². The van der Waals surface area contributed by atoms with E-state index in [1.54, 1.807) is 24.3 Å². The molecule has 0 radical (unpaired) electrons. The fourth-order valence-electron chi connectivity index (χ4n) is 2.07. The Hall–Kier alpha value is -2.25. The van der Waals surface area contributed by atoms with Gasteiger partial charge in [-0.3, -0.25) is 4.79 Å². The minimum atomic E-state index is -0.809. The van der Waals surface area contributed by atoms with E-state index in [4.69, 9.17) is 21.1 Å². The summed E-state index contributed by atoms with van der Waals surface area (Å²) in [6.07, 6.45) is 0.485. The Bertz CT molecular complexity index is 813. The minimum absolute atomic E-state index is 0.0245. The average molecular weight is 412 g/mol. The molecule has 2 N–H and O–H groups in total. The third kappa shape index (κ3) is 3.63. The molecule has 6 nitrogen and oxygen atoms in total. The SMILES string of the molecule is O=C(NN=Cc1cc(Cl)cc(Br)c1O)[C@@H]1COc2ccccc2O1. The number of carbonyl (C=O) groups excluding carboxylic acids is 1. The largest absolute Gasteiger partial charge is 0.506 e. The van der Waals surface area contributed by atoms with Crippen molar-refractivity contribution >= 4 is 39.7 Å². The summed E-state index contributed by atoms with van der Waals surface area (Å²) in [4.78, 5) is 12.1. The third-order valence-corrected chi connectivity index (χ3v) is 4.06. The number of nitrogens with one attached hydrogen (secondary N) is 1. The molecule has 124 valence electrons. The smallest absolute Gasteiger partial charge is 0.284 e. The maximum absolute atomic E-state index is 12.1. The first kappa shape index (κ1) is 16.6. The van der Waals surface area contributed by atoms with Crippen LogP contribution in [-0.4, -0.2) is 29.9 Å². The number of nitrogens with zero attached hydrogens (tertiary/aromatic N) is 1. The van der Waals surface area contributed by atoms with Crippen LogP contribution in [0.2, 0.25) is 5.02 Å². The second-order valence-electron chi connectivity index (χ2n) is 4.92. The van der Waals surface area contributed by atoms with Crippen LogP contribution >= 0.6 is 27.5 Å². The summed E-state index contributed by atoms with van der Waals surface area (Å²) in [5.74, 6) is 0.618. The van der Waals surface area contributed by atoms with E-state index in [2.05, 4.69) is 26.5 Å². The van der Waals surface area contributed by atoms with Gasteiger partial charge in [0.25, 0.3) is 5.91 Å². The summed E-state index contributed by atoms with van der Waals surface area (Å²) in [7, 11) is 0. The van der Waals surface area contributed by atoms with Crippen molar-refractivity contribution in [3.8, 4) is 17.2 Å². The molecule has 0 spiro atoms. The van der Waals surface area contributed by atoms with Crippen LogP contribution in [0.3, 0.4) is 0 Å². The van der Waals surface area contributed by atoms with Crippen LogP contribution in [0, 0.1) is 0 Å². The number of carbonyl (C=O) groups is 1. The lowest BCUT2D eigenvalue weighted by atomic mass is 10.2. The van der Waals surface area contributed by atoms with Gasteiger partial charge in [-0.05, 0) is 40.2 Å². The Morgan fingerprint density at radius 1 is 1.38 bits per heavy atom. The minimum Gasteiger partial charge on any atom is -0.506 e. The van der Waals surface area contributed by atoms with Crippen LogP contribution in [0.15, 0.2) is 46.0 Å². The van der Waals surface area contributed by atoms with Gasteiger partial charge in [0.05, 0.1) is 10.7 Å². The zero-order valence-electron chi connectivity index (χ0n) is 12.2. The van der Waals surface area contributed by atoms with E-state index < -0.39 is 12.0 Å². The van der Waals surface area contributed by atoms with Crippen molar-refractivity contribution in [3.63, 3.8) is 0 Å². The Morgan fingerprint density at radius 3 is 2.92 bits per heavy atom. The van der Waals surface area contributed by atoms with Gasteiger partial charge >= 0.3 is 0 Å². The molecule has 0 fully saturated rings. The monoisotopic (exact) mass is 410 g/mol. The molecule has 2 aromatic carbocycles. The van der Waals surface area contributed by atoms with Gasteiger partial charge in [0.15, 0.2) is 11.5 Å². The Labute approximate surface area is 151 Å². The molecule has 1 atom stereocenters. The number of phenols is 1. The van der Waals surface area contributed by atoms with Gasteiger partial charge in [0.1, 0.15) is 12.4 Å². The highest BCUT2D eigenvalue weighted by atomic mass is 79.9. The zero-order valence-corrected chi connectivity index (χ0v) is 14.5. The normalized spacial score (nSPS) is 16.2. The summed E-state index contributed by atoms with van der Waals surface area (Å²) in [5, 5.41) is 14.1. The summed E-state index contributed by atoms with van der Waals surface area (Å²) < 4.78 is 11.5. The van der Waals surface area contributed by atoms with Gasteiger partial charge in [-0.15, -0.1) is 0 Å². The molecule has 2 aromatic rings. The molecule has 0 unspecified atom stereocenters. The standard InChI is InChI=1S/C16H12BrClN2O4/c17-11-6-10(18)5-9(15(11)21)7-19-20-16(22)14-8-23-12-3-1-2-4-13(12)24-14/h1-7,14,21H,8H2,(H,20,22)/t14-/m0/s1. The van der Waals surface area contributed by atoms with E-state index >= 15 is 0 Å². The zero-order chi connectivity index (χ0) is 17.1. The van der Waals surface area contributed by atoms with Gasteiger partial charge in [-0.25, -0.2) is 5.43 Å². The van der Waals surface area contributed by atoms with Crippen LogP contribution in [0.5, 0.6) is 17.2 Å². The second-order valence-corrected chi connectivity index (χ2v) is 6.21. The van der Waals surface area contributed by atoms with Crippen LogP contribution in [0.25, 0.3) is 0 Å². The molecule has 1 heterocycles. The van der Waals surface area contributed by atoms with Crippen LogP contribution < -0.4 is 14.9 Å². The Balaban J connectivity index is 1.64. The van der Waals surface area contributed by atoms with Gasteiger partial charge in [-0.1, -0.05) is 23.7 Å². The van der Waals surface area contributed by atoms with Crippen molar-refractivity contribution in [2.45, 2.75) is 6.10 Å². The molecule has 1 aliphatic rings. The molecular formula is C16H12BrClN2O4. The number of ether oxygens (including phenoxy) is 2. The third-order valence-electron chi connectivity index (χ3n) is 3.24. The van der Waals surface area contributed by atoms with Gasteiger partial charge in [-0.2, -0.15) is 5.10 Å². The number of rotatable bonds is 3. The number of amides is 1. The number of hydrogen-bond donors (Lipinski definition) is 2. The maximum atomic E-state index is 12.1. The molecule has 0 aromatic heterocycles. The van der Waals surface area contributed by atoms with Crippen molar-refractivity contribution in [2.24, 2.45) is 5.10 Å². The van der Waals surface area contributed by atoms with Crippen molar-refractivity contribution < 1.29 is 19.4 Å². The van der Waals surface area contributed by atoms with Gasteiger partial charge in [0, 0.05) is 10.6 Å². The molecule has 1 amide bonds. The first-order valence-electron chi connectivity index (χ1n) is 6.94. The number of halogens is 2. The van der Waals surface area contributed by atoms with Gasteiger partial charge < -0.3 is 14.6 Å². The topological polar surface area (TPSA) is 80.2 Å². The van der Waals surface area contributed by atoms with Crippen molar-refractivity contribution in [3.05, 3.63) is 51.5 Å². The first-order chi connectivity index (χ1) is 11.5. The highest BCUT2D eigenvalue weighted by Gasteiger charge is 2.27. The van der Waals surface area contributed by atoms with Crippen LogP contribution in [0.4, 0.5) is 0 Å². The highest BCUT2D eigenvalue weighted by Crippen LogP contribution is 2.31. The summed E-state index contributed by atoms with van der Waals surface area (Å²) in [6, 6.07) is 10.2. The molecule has 8 heteroatoms. The molecular weight excluding hydrogens is 400 g/mol. The summed E-state index contributed by atoms with van der Waals surface area (Å²) >= 11 is 9.08. The number of fused-ring (bicyclic) bond motifs is 1. The fraction of sp³-hybridized carbons (Fsp3) is 0.125. The molecule has 0 aliphatic carbocycles. The molecule has 0 saturated carbocycles. The predicted molar refractivity (Wildman–Crippen MR) is 92.9 cm³/mol. The van der Waals surface area contributed by atoms with Crippen LogP contribution in [0.1, 0.15) is 5.56 Å². The fourth-order valence-corrected chi connectivity index (χ4v) is 2.90. The Kier molecular flexibility index (Phi) is 4.92. The average Bonchev–Trinajstić information content (AvgIpc) is 2.58. The maximum Gasteiger partial charge on any atom is 0.284 e. The predicted octanol–water partition coefficient (Wildman–Crippen LogP) is 3.10. The summed E-state index contributed by atoms with van der Waals surface area (Å²) in [6.45, 7) is 0.0896. The van der Waals surface area contributed by atoms with Crippen molar-refractivity contribution in [2.75, 3.05) is 6.61 Å². The molecule has 0 saturated heterocycles. The lowest BCUT2D eigenvalue weighted by Gasteiger charge is -2.24. The van der Waals surface area contributed by atoms with Gasteiger partial charge in [0.2, 0.25) is 6.10 Å². The lowest BCUT2D eigenvalue weighted by molar-refractivity contribution is -0.130. The first-order valence-corrected chi connectivity index (χ1v) is 8.11. The summed E-state index contributed by atoms with van der Waals surface area (Å²) in [5.41, 5.74) is 2.72. The van der Waals surface area contributed by atoms with Crippen molar-refractivity contribution in [1.29, 1.82) is 0 Å². The molecule has 3 rings (SSSR count). The lowest BCUT2D eigenvalue weighted by Crippen LogP contribution is -2.42. The number of hydrazone groups is 1. The van der Waals surface area contributed by atoms with E-state index in [-0.39, 0.29) is 12.4 Å². The molecule has 0 bridgehead atoms. The second kappa shape index (κ2) is 7.11. The van der Waals surface area contributed by atoms with E-state index in [1.165, 1.54) is 12.3 Å². The number of phenolic OH excluding ortho intramolecular Hbond substituents is 1. The van der Waals surface area contributed by atoms with E-state index in [9.17, 15) is 9.90 Å². The van der Waals surface area contributed by atoms with E-state index in [0.717, 1.165) is 0 Å². The van der Waals surface area contributed by atoms with E-state index in [0.29, 0.717) is 26.6 Å². The molecule has 24 heavy (non-hydrogen) atoms. The van der Waals surface area contributed by atoms with Crippen molar-refractivity contribution in [1.82, 2.24) is 5.43 Å². The number of benzene rings is 2. The number of aromatic hydroxyl groups is 1. The quantitative estimate of drug-likeness (QED) is 0.601. The highest BCUT2D eigenvalue weighted by molar-refractivity contribution is 9.10. The Morgan fingerprint density at radius 2 is 2.12 bits per heavy atom.